The molecule has 0 radical (unpaired) electrons. The molecule has 8 aromatic carbocycles. The van der Waals surface area contributed by atoms with Crippen LogP contribution < -0.4 is 0 Å². The van der Waals surface area contributed by atoms with Crippen LogP contribution in [0.3, 0.4) is 0 Å². The maximum atomic E-state index is 5.33. The van der Waals surface area contributed by atoms with Gasteiger partial charge in [-0.15, -0.1) is 11.3 Å². The lowest BCUT2D eigenvalue weighted by atomic mass is 9.95. The van der Waals surface area contributed by atoms with Gasteiger partial charge in [0.1, 0.15) is 0 Å². The molecule has 0 saturated heterocycles. The molecule has 0 amide bonds. The highest BCUT2D eigenvalue weighted by atomic mass is 32.1. The second-order valence-electron chi connectivity index (χ2n) is 12.4. The first-order valence-electron chi connectivity index (χ1n) is 16.4. The van der Waals surface area contributed by atoms with Gasteiger partial charge in [-0.05, 0) is 62.3 Å². The van der Waals surface area contributed by atoms with Crippen molar-refractivity contribution in [1.29, 1.82) is 0 Å². The van der Waals surface area contributed by atoms with Gasteiger partial charge in [0.15, 0.2) is 17.5 Å². The molecule has 0 aliphatic heterocycles. The zero-order valence-electron chi connectivity index (χ0n) is 26.3. The lowest BCUT2D eigenvalue weighted by molar-refractivity contribution is 1.08. The summed E-state index contributed by atoms with van der Waals surface area (Å²) in [6, 6.07) is 57.9. The summed E-state index contributed by atoms with van der Waals surface area (Å²) in [5.41, 5.74) is 5.23. The Kier molecular flexibility index (Phi) is 6.36. The van der Waals surface area contributed by atoms with E-state index >= 15 is 0 Å². The van der Waals surface area contributed by atoms with E-state index in [1.54, 1.807) is 0 Å². The monoisotopic (exact) mass is 641 g/mol. The fourth-order valence-corrected chi connectivity index (χ4v) is 8.49. The average molecular weight is 642 g/mol. The molecule has 4 heteroatoms. The molecule has 228 valence electrons. The van der Waals surface area contributed by atoms with Crippen molar-refractivity contribution in [2.45, 2.75) is 0 Å². The minimum atomic E-state index is 0.651. The third-order valence-electron chi connectivity index (χ3n) is 9.47. The van der Waals surface area contributed by atoms with Crippen LogP contribution in [0.2, 0.25) is 0 Å². The molecule has 0 aliphatic carbocycles. The van der Waals surface area contributed by atoms with Crippen molar-refractivity contribution in [3.05, 3.63) is 164 Å². The molecule has 2 aromatic heterocycles. The third kappa shape index (κ3) is 4.61. The number of hydrogen-bond donors (Lipinski definition) is 0. The SMILES string of the molecule is c1ccc(-c2nc(-c3cc(-c4ccccc4)c4ccccc4c3)nc(-c3cc4ccc5ccccc5c4c4sc5ccccc5c34)n2)cc1. The maximum absolute atomic E-state index is 5.33. The molecule has 0 N–H and O–H groups in total. The summed E-state index contributed by atoms with van der Waals surface area (Å²) >= 11 is 1.85. The second-order valence-corrected chi connectivity index (χ2v) is 13.4. The zero-order chi connectivity index (χ0) is 32.3. The fraction of sp³-hybridized carbons (Fsp3) is 0. The van der Waals surface area contributed by atoms with E-state index in [1.807, 2.05) is 29.5 Å². The van der Waals surface area contributed by atoms with Crippen LogP contribution in [0.5, 0.6) is 0 Å². The molecule has 0 spiro atoms. The van der Waals surface area contributed by atoms with Gasteiger partial charge in [0, 0.05) is 42.2 Å². The quantitative estimate of drug-likeness (QED) is 0.180. The molecule has 49 heavy (non-hydrogen) atoms. The molecule has 3 nitrogen and oxygen atoms in total. The van der Waals surface area contributed by atoms with Crippen molar-refractivity contribution in [2.24, 2.45) is 0 Å². The molecular weight excluding hydrogens is 615 g/mol. The van der Waals surface area contributed by atoms with Crippen molar-refractivity contribution in [3.8, 4) is 45.3 Å². The molecule has 0 aliphatic rings. The van der Waals surface area contributed by atoms with Crippen molar-refractivity contribution >= 4 is 63.8 Å². The van der Waals surface area contributed by atoms with Crippen molar-refractivity contribution < 1.29 is 0 Å². The van der Waals surface area contributed by atoms with Gasteiger partial charge in [-0.1, -0.05) is 140 Å². The molecule has 0 atom stereocenters. The van der Waals surface area contributed by atoms with E-state index < -0.39 is 0 Å². The molecule has 0 saturated carbocycles. The summed E-state index contributed by atoms with van der Waals surface area (Å²) in [4.78, 5) is 15.7. The number of nitrogens with zero attached hydrogens (tertiary/aromatic N) is 3. The van der Waals surface area contributed by atoms with Crippen LogP contribution in [0, 0.1) is 0 Å². The van der Waals surface area contributed by atoms with E-state index in [9.17, 15) is 0 Å². The first-order valence-corrected chi connectivity index (χ1v) is 17.3. The second kappa shape index (κ2) is 11.2. The number of fused-ring (bicyclic) bond motifs is 8. The average Bonchev–Trinajstić information content (AvgIpc) is 3.57. The maximum Gasteiger partial charge on any atom is 0.164 e. The summed E-state index contributed by atoms with van der Waals surface area (Å²) in [5.74, 6) is 1.97. The predicted molar refractivity (Wildman–Crippen MR) is 207 cm³/mol. The number of thiophene rings is 1. The number of aromatic nitrogens is 3. The summed E-state index contributed by atoms with van der Waals surface area (Å²) in [7, 11) is 0. The van der Waals surface area contributed by atoms with Gasteiger partial charge in [-0.2, -0.15) is 0 Å². The Bertz CT molecular complexity index is 2880. The van der Waals surface area contributed by atoms with Gasteiger partial charge in [0.05, 0.1) is 0 Å². The minimum absolute atomic E-state index is 0.651. The predicted octanol–water partition coefficient (Wildman–Crippen LogP) is 12.4. The number of hydrogen-bond acceptors (Lipinski definition) is 4. The molecule has 10 rings (SSSR count). The van der Waals surface area contributed by atoms with E-state index in [-0.39, 0.29) is 0 Å². The van der Waals surface area contributed by atoms with Gasteiger partial charge < -0.3 is 0 Å². The molecule has 0 unspecified atom stereocenters. The minimum Gasteiger partial charge on any atom is -0.208 e. The first-order chi connectivity index (χ1) is 24.3. The molecular formula is C45H27N3S. The van der Waals surface area contributed by atoms with Crippen LogP contribution >= 0.6 is 11.3 Å². The van der Waals surface area contributed by atoms with Crippen LogP contribution in [0.15, 0.2) is 164 Å². The largest absolute Gasteiger partial charge is 0.208 e. The van der Waals surface area contributed by atoms with E-state index in [0.717, 1.165) is 33.2 Å². The Morgan fingerprint density at radius 1 is 0.347 bits per heavy atom. The Hall–Kier alpha value is -6.23. The van der Waals surface area contributed by atoms with Crippen molar-refractivity contribution in [1.82, 2.24) is 15.0 Å². The van der Waals surface area contributed by atoms with Gasteiger partial charge in [0.2, 0.25) is 0 Å². The van der Waals surface area contributed by atoms with Gasteiger partial charge in [-0.3, -0.25) is 0 Å². The third-order valence-corrected chi connectivity index (χ3v) is 10.7. The van der Waals surface area contributed by atoms with Crippen LogP contribution in [-0.4, -0.2) is 15.0 Å². The molecule has 0 fully saturated rings. The molecule has 2 heterocycles. The Labute approximate surface area is 286 Å². The van der Waals surface area contributed by atoms with Crippen LogP contribution in [0.25, 0.3) is 97.8 Å². The Morgan fingerprint density at radius 3 is 1.73 bits per heavy atom. The first kappa shape index (κ1) is 27.8. The Balaban J connectivity index is 1.30. The summed E-state index contributed by atoms with van der Waals surface area (Å²) in [6.07, 6.45) is 0. The van der Waals surface area contributed by atoms with E-state index in [1.165, 1.54) is 47.1 Å². The Morgan fingerprint density at radius 2 is 0.939 bits per heavy atom. The zero-order valence-corrected chi connectivity index (χ0v) is 27.2. The lowest BCUT2D eigenvalue weighted by Gasteiger charge is -2.14. The number of rotatable bonds is 4. The summed E-state index contributed by atoms with van der Waals surface area (Å²) < 4.78 is 2.50. The fourth-order valence-electron chi connectivity index (χ4n) is 7.19. The highest BCUT2D eigenvalue weighted by Crippen LogP contribution is 2.46. The van der Waals surface area contributed by atoms with Gasteiger partial charge in [-0.25, -0.2) is 15.0 Å². The highest BCUT2D eigenvalue weighted by molar-refractivity contribution is 7.27. The van der Waals surface area contributed by atoms with E-state index in [4.69, 9.17) is 15.0 Å². The smallest absolute Gasteiger partial charge is 0.164 e. The van der Waals surface area contributed by atoms with Crippen LogP contribution in [0.1, 0.15) is 0 Å². The van der Waals surface area contributed by atoms with Gasteiger partial charge >= 0.3 is 0 Å². The van der Waals surface area contributed by atoms with E-state index in [2.05, 4.69) is 146 Å². The molecule has 0 bridgehead atoms. The summed E-state index contributed by atoms with van der Waals surface area (Å²) in [5, 5.41) is 9.69. The van der Waals surface area contributed by atoms with Crippen molar-refractivity contribution in [3.63, 3.8) is 0 Å². The lowest BCUT2D eigenvalue weighted by Crippen LogP contribution is -2.01. The van der Waals surface area contributed by atoms with Crippen LogP contribution in [0.4, 0.5) is 0 Å². The highest BCUT2D eigenvalue weighted by Gasteiger charge is 2.21. The van der Waals surface area contributed by atoms with Crippen molar-refractivity contribution in [2.75, 3.05) is 0 Å². The van der Waals surface area contributed by atoms with Gasteiger partial charge in [0.25, 0.3) is 0 Å². The van der Waals surface area contributed by atoms with E-state index in [0.29, 0.717) is 17.5 Å². The standard InChI is InChI=1S/C45H27N3S/c1-3-13-28(14-4-1)37-27-33(25-31-18-8-9-19-34(31)37)44-46-43(30-16-5-2-6-17-30)47-45(48-44)38-26-32-24-23-29-15-7-10-20-35(29)40(32)42-41(38)36-21-11-12-22-39(36)49-42/h1-27H. The summed E-state index contributed by atoms with van der Waals surface area (Å²) in [6.45, 7) is 0. The number of benzene rings is 8. The topological polar surface area (TPSA) is 38.7 Å². The molecule has 10 aromatic rings. The normalized spacial score (nSPS) is 11.7. The van der Waals surface area contributed by atoms with Crippen LogP contribution in [-0.2, 0) is 0 Å².